The van der Waals surface area contributed by atoms with Gasteiger partial charge in [-0.2, -0.15) is 5.10 Å². The van der Waals surface area contributed by atoms with Crippen LogP contribution in [-0.4, -0.2) is 18.2 Å². The van der Waals surface area contributed by atoms with Crippen molar-refractivity contribution in [1.29, 1.82) is 0 Å². The maximum atomic E-state index is 12.1. The van der Waals surface area contributed by atoms with Gasteiger partial charge in [0, 0.05) is 4.47 Å². The van der Waals surface area contributed by atoms with Crippen LogP contribution in [-0.2, 0) is 4.79 Å². The number of halogens is 1. The summed E-state index contributed by atoms with van der Waals surface area (Å²) in [7, 11) is 0. The molecule has 0 fully saturated rings. The van der Waals surface area contributed by atoms with Gasteiger partial charge in [-0.05, 0) is 66.4 Å². The third kappa shape index (κ3) is 4.74. The molecule has 0 aliphatic carbocycles. The zero-order valence-electron chi connectivity index (χ0n) is 15.5. The van der Waals surface area contributed by atoms with Crippen LogP contribution in [0.5, 0.6) is 5.75 Å². The minimum absolute atomic E-state index is 0.0855. The number of ether oxygens (including phenoxy) is 1. The molecule has 0 aliphatic heterocycles. The summed E-state index contributed by atoms with van der Waals surface area (Å²) in [5, 5.41) is 6.51. The molecule has 0 spiro atoms. The minimum atomic E-state index is -0.295. The lowest BCUT2D eigenvalue weighted by atomic mass is 10.0. The fraction of sp³-hybridized carbons (Fsp3) is 0.182. The Morgan fingerprint density at radius 3 is 2.41 bits per heavy atom. The number of carbonyl (C=O) groups excluding carboxylic acids is 1. The molecule has 0 radical (unpaired) electrons. The maximum absolute atomic E-state index is 12.1. The van der Waals surface area contributed by atoms with Gasteiger partial charge in [-0.25, -0.2) is 5.43 Å². The van der Waals surface area contributed by atoms with Crippen LogP contribution in [0.3, 0.4) is 0 Å². The van der Waals surface area contributed by atoms with Crippen LogP contribution in [0.15, 0.2) is 64.2 Å². The number of carbonyl (C=O) groups is 1. The largest absolute Gasteiger partial charge is 0.483 e. The summed E-state index contributed by atoms with van der Waals surface area (Å²) in [5.74, 6) is 0.431. The number of benzene rings is 3. The van der Waals surface area contributed by atoms with Crippen LogP contribution in [0, 0.1) is 13.8 Å². The molecule has 0 atom stereocenters. The highest BCUT2D eigenvalue weighted by atomic mass is 79.9. The molecule has 3 rings (SSSR count). The Morgan fingerprint density at radius 2 is 1.70 bits per heavy atom. The SMILES string of the molecule is C/C(=N\NC(=O)COc1c(C)cc(Br)cc1C)c1ccc2ccccc2c1. The first-order valence-corrected chi connectivity index (χ1v) is 9.45. The molecular formula is C22H21BrN2O2. The first-order valence-electron chi connectivity index (χ1n) is 8.66. The Balaban J connectivity index is 1.63. The summed E-state index contributed by atoms with van der Waals surface area (Å²) >= 11 is 3.45. The molecular weight excluding hydrogens is 404 g/mol. The minimum Gasteiger partial charge on any atom is -0.483 e. The standard InChI is InChI=1S/C22H21BrN2O2/c1-14-10-20(23)11-15(2)22(14)27-13-21(26)25-24-16(3)18-9-8-17-6-4-5-7-19(17)12-18/h4-12H,13H2,1-3H3,(H,25,26)/b24-16+. The molecule has 0 saturated heterocycles. The summed E-state index contributed by atoms with van der Waals surface area (Å²) < 4.78 is 6.67. The van der Waals surface area contributed by atoms with Gasteiger partial charge < -0.3 is 4.74 Å². The van der Waals surface area contributed by atoms with Crippen molar-refractivity contribution < 1.29 is 9.53 Å². The Labute approximate surface area is 167 Å². The van der Waals surface area contributed by atoms with Crippen molar-refractivity contribution >= 4 is 38.3 Å². The van der Waals surface area contributed by atoms with Gasteiger partial charge in [0.2, 0.25) is 0 Å². The molecule has 0 aliphatic rings. The fourth-order valence-electron chi connectivity index (χ4n) is 2.92. The molecule has 3 aromatic carbocycles. The van der Waals surface area contributed by atoms with E-state index in [2.05, 4.69) is 44.7 Å². The van der Waals surface area contributed by atoms with Crippen LogP contribution in [0.1, 0.15) is 23.6 Å². The summed E-state index contributed by atoms with van der Waals surface area (Å²) in [5.41, 5.74) is 6.23. The van der Waals surface area contributed by atoms with Gasteiger partial charge in [-0.1, -0.05) is 52.3 Å². The number of amides is 1. The van der Waals surface area contributed by atoms with Crippen LogP contribution in [0.25, 0.3) is 10.8 Å². The molecule has 138 valence electrons. The van der Waals surface area contributed by atoms with E-state index in [0.717, 1.165) is 38.0 Å². The van der Waals surface area contributed by atoms with Gasteiger partial charge in [0.05, 0.1) is 5.71 Å². The van der Waals surface area contributed by atoms with Crippen molar-refractivity contribution in [3.05, 3.63) is 75.8 Å². The van der Waals surface area contributed by atoms with Crippen LogP contribution >= 0.6 is 15.9 Å². The molecule has 5 heteroatoms. The van der Waals surface area contributed by atoms with Gasteiger partial charge in [0.25, 0.3) is 5.91 Å². The number of fused-ring (bicyclic) bond motifs is 1. The third-order valence-corrected chi connectivity index (χ3v) is 4.75. The van der Waals surface area contributed by atoms with E-state index >= 15 is 0 Å². The zero-order valence-corrected chi connectivity index (χ0v) is 17.1. The van der Waals surface area contributed by atoms with Crippen molar-refractivity contribution in [3.8, 4) is 5.75 Å². The van der Waals surface area contributed by atoms with E-state index in [9.17, 15) is 4.79 Å². The normalized spacial score (nSPS) is 11.5. The van der Waals surface area contributed by atoms with Crippen molar-refractivity contribution in [2.75, 3.05) is 6.61 Å². The second-order valence-electron chi connectivity index (χ2n) is 6.45. The maximum Gasteiger partial charge on any atom is 0.277 e. The monoisotopic (exact) mass is 424 g/mol. The molecule has 27 heavy (non-hydrogen) atoms. The average Bonchev–Trinajstić information content (AvgIpc) is 2.64. The molecule has 3 aromatic rings. The highest BCUT2D eigenvalue weighted by Gasteiger charge is 2.09. The zero-order chi connectivity index (χ0) is 19.4. The fourth-order valence-corrected chi connectivity index (χ4v) is 3.61. The molecule has 1 amide bonds. The van der Waals surface area contributed by atoms with Crippen LogP contribution in [0.2, 0.25) is 0 Å². The summed E-state index contributed by atoms with van der Waals surface area (Å²) in [6.07, 6.45) is 0. The highest BCUT2D eigenvalue weighted by Crippen LogP contribution is 2.27. The number of aryl methyl sites for hydroxylation is 2. The first kappa shape index (κ1) is 19.1. The Kier molecular flexibility index (Phi) is 5.91. The van der Waals surface area contributed by atoms with Crippen molar-refractivity contribution in [2.45, 2.75) is 20.8 Å². The van der Waals surface area contributed by atoms with E-state index in [0.29, 0.717) is 0 Å². The Morgan fingerprint density at radius 1 is 1.04 bits per heavy atom. The van der Waals surface area contributed by atoms with Gasteiger partial charge >= 0.3 is 0 Å². The molecule has 1 N–H and O–H groups in total. The quantitative estimate of drug-likeness (QED) is 0.455. The van der Waals surface area contributed by atoms with Crippen molar-refractivity contribution in [2.24, 2.45) is 5.10 Å². The molecule has 4 nitrogen and oxygen atoms in total. The summed E-state index contributed by atoms with van der Waals surface area (Å²) in [4.78, 5) is 12.1. The number of rotatable bonds is 5. The van der Waals surface area contributed by atoms with Crippen molar-refractivity contribution in [1.82, 2.24) is 5.43 Å². The van der Waals surface area contributed by atoms with E-state index in [1.807, 2.05) is 57.2 Å². The average molecular weight is 425 g/mol. The molecule has 0 saturated carbocycles. The van der Waals surface area contributed by atoms with Crippen molar-refractivity contribution in [3.63, 3.8) is 0 Å². The molecule has 0 heterocycles. The topological polar surface area (TPSA) is 50.7 Å². The van der Waals surface area contributed by atoms with Gasteiger partial charge in [-0.15, -0.1) is 0 Å². The lowest BCUT2D eigenvalue weighted by Gasteiger charge is -2.12. The summed E-state index contributed by atoms with van der Waals surface area (Å²) in [6, 6.07) is 18.2. The highest BCUT2D eigenvalue weighted by molar-refractivity contribution is 9.10. The van der Waals surface area contributed by atoms with E-state index in [1.165, 1.54) is 5.39 Å². The molecule has 0 unspecified atom stereocenters. The van der Waals surface area contributed by atoms with E-state index in [-0.39, 0.29) is 12.5 Å². The molecule has 0 bridgehead atoms. The number of hydrogen-bond donors (Lipinski definition) is 1. The van der Waals surface area contributed by atoms with Crippen LogP contribution in [0.4, 0.5) is 0 Å². The van der Waals surface area contributed by atoms with E-state index < -0.39 is 0 Å². The molecule has 0 aromatic heterocycles. The second-order valence-corrected chi connectivity index (χ2v) is 7.37. The Hall–Kier alpha value is -2.66. The Bertz CT molecular complexity index is 1000. The van der Waals surface area contributed by atoms with Gasteiger partial charge in [0.15, 0.2) is 6.61 Å². The second kappa shape index (κ2) is 8.35. The number of nitrogens with one attached hydrogen (secondary N) is 1. The summed E-state index contributed by atoms with van der Waals surface area (Å²) in [6.45, 7) is 5.69. The number of nitrogens with zero attached hydrogens (tertiary/aromatic N) is 1. The first-order chi connectivity index (χ1) is 12.9. The van der Waals surface area contributed by atoms with Crippen LogP contribution < -0.4 is 10.2 Å². The lowest BCUT2D eigenvalue weighted by molar-refractivity contribution is -0.123. The predicted molar refractivity (Wildman–Crippen MR) is 113 cm³/mol. The smallest absolute Gasteiger partial charge is 0.277 e. The van der Waals surface area contributed by atoms with E-state index in [1.54, 1.807) is 0 Å². The number of hydrazone groups is 1. The van der Waals surface area contributed by atoms with E-state index in [4.69, 9.17) is 4.74 Å². The van der Waals surface area contributed by atoms with Gasteiger partial charge in [-0.3, -0.25) is 4.79 Å². The predicted octanol–water partition coefficient (Wildman–Crippen LogP) is 5.14. The van der Waals surface area contributed by atoms with Gasteiger partial charge in [0.1, 0.15) is 5.75 Å². The lowest BCUT2D eigenvalue weighted by Crippen LogP contribution is -2.26. The number of hydrogen-bond acceptors (Lipinski definition) is 3. The third-order valence-electron chi connectivity index (χ3n) is 4.29.